The number of benzene rings is 1. The topological polar surface area (TPSA) is 93.0 Å². The summed E-state index contributed by atoms with van der Waals surface area (Å²) in [6.07, 6.45) is 0. The van der Waals surface area contributed by atoms with Crippen LogP contribution in [0.4, 0.5) is 11.5 Å². The lowest BCUT2D eigenvalue weighted by Crippen LogP contribution is -2.13. The van der Waals surface area contributed by atoms with Crippen LogP contribution in [0.3, 0.4) is 0 Å². The number of ether oxygens (including phenoxy) is 1. The molecule has 0 saturated carbocycles. The zero-order valence-electron chi connectivity index (χ0n) is 18.9. The minimum absolute atomic E-state index is 0.498. The van der Waals surface area contributed by atoms with Gasteiger partial charge in [0.05, 0.1) is 34.8 Å². The van der Waals surface area contributed by atoms with E-state index in [2.05, 4.69) is 45.1 Å². The van der Waals surface area contributed by atoms with Crippen molar-refractivity contribution in [2.24, 2.45) is 0 Å². The molecule has 8 heteroatoms. The van der Waals surface area contributed by atoms with Gasteiger partial charge >= 0.3 is 0 Å². The highest BCUT2D eigenvalue weighted by Crippen LogP contribution is 2.39. The SMILES string of the molecule is COc1nc2c(cc1-c1c(C)noc1C)[nH]c1nc(C)nc(N(C)c3cccc(C)c3)c12. The Balaban J connectivity index is 1.80. The van der Waals surface area contributed by atoms with Gasteiger partial charge in [-0.3, -0.25) is 0 Å². The van der Waals surface area contributed by atoms with Crippen LogP contribution in [0, 0.1) is 27.7 Å². The molecule has 1 aromatic carbocycles. The Kier molecular flexibility index (Phi) is 4.58. The molecular weight excluding hydrogens is 404 g/mol. The number of rotatable bonds is 4. The Morgan fingerprint density at radius 3 is 2.53 bits per heavy atom. The fourth-order valence-electron chi connectivity index (χ4n) is 4.18. The molecule has 0 aliphatic carbocycles. The third kappa shape index (κ3) is 3.07. The van der Waals surface area contributed by atoms with Crippen molar-refractivity contribution < 1.29 is 9.26 Å². The molecule has 0 saturated heterocycles. The van der Waals surface area contributed by atoms with Crippen molar-refractivity contribution in [3.05, 3.63) is 53.2 Å². The van der Waals surface area contributed by atoms with Crippen LogP contribution < -0.4 is 9.64 Å². The zero-order chi connectivity index (χ0) is 22.6. The molecule has 32 heavy (non-hydrogen) atoms. The monoisotopic (exact) mass is 428 g/mol. The molecule has 5 aromatic rings. The van der Waals surface area contributed by atoms with E-state index in [9.17, 15) is 0 Å². The lowest BCUT2D eigenvalue weighted by molar-refractivity contribution is 0.392. The number of nitrogens with zero attached hydrogens (tertiary/aromatic N) is 5. The molecule has 0 unspecified atom stereocenters. The van der Waals surface area contributed by atoms with Crippen molar-refractivity contribution in [3.63, 3.8) is 0 Å². The van der Waals surface area contributed by atoms with Crippen LogP contribution in [0.15, 0.2) is 34.9 Å². The van der Waals surface area contributed by atoms with Gasteiger partial charge in [-0.05, 0) is 51.5 Å². The molecule has 8 nitrogen and oxygen atoms in total. The van der Waals surface area contributed by atoms with E-state index in [4.69, 9.17) is 19.2 Å². The largest absolute Gasteiger partial charge is 0.481 e. The predicted molar refractivity (Wildman–Crippen MR) is 125 cm³/mol. The van der Waals surface area contributed by atoms with Crippen LogP contribution in [0.5, 0.6) is 5.88 Å². The highest BCUT2D eigenvalue weighted by atomic mass is 16.5. The fraction of sp³-hybridized carbons (Fsp3) is 0.250. The molecule has 4 heterocycles. The van der Waals surface area contributed by atoms with Crippen LogP contribution in [-0.4, -0.2) is 39.3 Å². The van der Waals surface area contributed by atoms with Gasteiger partial charge in [0.25, 0.3) is 0 Å². The second-order valence-corrected chi connectivity index (χ2v) is 7.98. The highest BCUT2D eigenvalue weighted by Gasteiger charge is 2.23. The molecule has 0 aliphatic rings. The summed E-state index contributed by atoms with van der Waals surface area (Å²) < 4.78 is 11.1. The van der Waals surface area contributed by atoms with Gasteiger partial charge in [-0.15, -0.1) is 0 Å². The first-order valence-electron chi connectivity index (χ1n) is 10.4. The Morgan fingerprint density at radius 2 is 1.84 bits per heavy atom. The molecule has 0 fully saturated rings. The molecular formula is C24H24N6O2. The molecule has 4 aromatic heterocycles. The molecule has 0 bridgehead atoms. The zero-order valence-corrected chi connectivity index (χ0v) is 18.9. The predicted octanol–water partition coefficient (Wildman–Crippen LogP) is 5.17. The first kappa shape index (κ1) is 20.0. The number of hydrogen-bond donors (Lipinski definition) is 1. The molecule has 0 amide bonds. The Labute approximate surface area is 185 Å². The van der Waals surface area contributed by atoms with Gasteiger partial charge < -0.3 is 19.1 Å². The van der Waals surface area contributed by atoms with Crippen molar-refractivity contribution in [1.82, 2.24) is 25.1 Å². The van der Waals surface area contributed by atoms with E-state index >= 15 is 0 Å². The molecule has 5 rings (SSSR count). The molecule has 0 atom stereocenters. The third-order valence-corrected chi connectivity index (χ3v) is 5.68. The normalized spacial score (nSPS) is 11.4. The average Bonchev–Trinajstić information content (AvgIpc) is 3.29. The standard InChI is InChI=1S/C24H24N6O2/c1-12-8-7-9-16(10-12)30(5)23-20-21-18(27-22(20)25-15(4)26-23)11-17(24(28-21)31-6)19-13(2)29-32-14(19)3/h7-11H,1-6H3,(H,25,26,27). The van der Waals surface area contributed by atoms with Crippen molar-refractivity contribution in [3.8, 4) is 17.0 Å². The molecule has 1 N–H and O–H groups in total. The first-order chi connectivity index (χ1) is 15.4. The Morgan fingerprint density at radius 1 is 1.03 bits per heavy atom. The van der Waals surface area contributed by atoms with Crippen LogP contribution in [-0.2, 0) is 0 Å². The van der Waals surface area contributed by atoms with Crippen molar-refractivity contribution in [1.29, 1.82) is 0 Å². The maximum atomic E-state index is 5.68. The van der Waals surface area contributed by atoms with Crippen LogP contribution in [0.2, 0.25) is 0 Å². The average molecular weight is 428 g/mol. The summed E-state index contributed by atoms with van der Waals surface area (Å²) in [7, 11) is 3.62. The fourth-order valence-corrected chi connectivity index (χ4v) is 4.18. The third-order valence-electron chi connectivity index (χ3n) is 5.68. The Bertz CT molecular complexity index is 1460. The summed E-state index contributed by atoms with van der Waals surface area (Å²) in [5, 5.41) is 4.93. The van der Waals surface area contributed by atoms with E-state index in [1.807, 2.05) is 40.0 Å². The van der Waals surface area contributed by atoms with E-state index in [1.165, 1.54) is 5.56 Å². The maximum absolute atomic E-state index is 5.68. The van der Waals surface area contributed by atoms with Gasteiger partial charge in [0, 0.05) is 12.7 Å². The molecule has 162 valence electrons. The summed E-state index contributed by atoms with van der Waals surface area (Å²) in [6, 6.07) is 10.3. The lowest BCUT2D eigenvalue weighted by atomic mass is 10.0. The van der Waals surface area contributed by atoms with Gasteiger partial charge in [-0.2, -0.15) is 0 Å². The van der Waals surface area contributed by atoms with Gasteiger partial charge in [0.2, 0.25) is 5.88 Å². The van der Waals surface area contributed by atoms with E-state index in [-0.39, 0.29) is 0 Å². The quantitative estimate of drug-likeness (QED) is 0.422. The first-order valence-corrected chi connectivity index (χ1v) is 10.4. The Hall–Kier alpha value is -3.94. The number of fused-ring (bicyclic) bond motifs is 3. The molecule has 0 radical (unpaired) electrons. The van der Waals surface area contributed by atoms with Crippen LogP contribution >= 0.6 is 0 Å². The second-order valence-electron chi connectivity index (χ2n) is 7.98. The van der Waals surface area contributed by atoms with Gasteiger partial charge in [-0.25, -0.2) is 15.0 Å². The van der Waals surface area contributed by atoms with Crippen LogP contribution in [0.1, 0.15) is 22.8 Å². The molecule has 0 aliphatic heterocycles. The molecule has 0 spiro atoms. The minimum Gasteiger partial charge on any atom is -0.481 e. The van der Waals surface area contributed by atoms with Crippen LogP contribution in [0.25, 0.3) is 33.2 Å². The summed E-state index contributed by atoms with van der Waals surface area (Å²) in [5.74, 6) is 2.67. The van der Waals surface area contributed by atoms with Gasteiger partial charge in [0.15, 0.2) is 0 Å². The number of pyridine rings is 1. The number of methoxy groups -OCH3 is 1. The van der Waals surface area contributed by atoms with Gasteiger partial charge in [0.1, 0.15) is 28.6 Å². The number of H-pyrrole nitrogens is 1. The van der Waals surface area contributed by atoms with E-state index in [0.29, 0.717) is 17.5 Å². The van der Waals surface area contributed by atoms with Crippen molar-refractivity contribution >= 4 is 33.6 Å². The number of anilines is 2. The number of aromatic amines is 1. The van der Waals surface area contributed by atoms with E-state index < -0.39 is 0 Å². The number of nitrogens with one attached hydrogen (secondary N) is 1. The smallest absolute Gasteiger partial charge is 0.221 e. The maximum Gasteiger partial charge on any atom is 0.221 e. The van der Waals surface area contributed by atoms with Gasteiger partial charge in [-0.1, -0.05) is 17.3 Å². The second kappa shape index (κ2) is 7.33. The van der Waals surface area contributed by atoms with Crippen molar-refractivity contribution in [2.75, 3.05) is 19.1 Å². The van der Waals surface area contributed by atoms with E-state index in [0.717, 1.165) is 50.4 Å². The van der Waals surface area contributed by atoms with Crippen molar-refractivity contribution in [2.45, 2.75) is 27.7 Å². The summed E-state index contributed by atoms with van der Waals surface area (Å²) in [4.78, 5) is 19.8. The summed E-state index contributed by atoms with van der Waals surface area (Å²) in [5.41, 5.74) is 7.03. The summed E-state index contributed by atoms with van der Waals surface area (Å²) >= 11 is 0. The number of aryl methyl sites for hydroxylation is 4. The highest BCUT2D eigenvalue weighted by molar-refractivity contribution is 6.11. The minimum atomic E-state index is 0.498. The summed E-state index contributed by atoms with van der Waals surface area (Å²) in [6.45, 7) is 7.76. The lowest BCUT2D eigenvalue weighted by Gasteiger charge is -2.20. The number of hydrogen-bond acceptors (Lipinski definition) is 7. The van der Waals surface area contributed by atoms with E-state index in [1.54, 1.807) is 7.11 Å². The number of aromatic nitrogens is 5.